The van der Waals surface area contributed by atoms with Gasteiger partial charge in [-0.2, -0.15) is 64.8 Å². The predicted molar refractivity (Wildman–Crippen MR) is 307 cm³/mol. The molecule has 3 aromatic rings. The van der Waals surface area contributed by atoms with Crippen LogP contribution < -0.4 is 34.2 Å². The van der Waals surface area contributed by atoms with Gasteiger partial charge in [-0.15, -0.1) is 10.2 Å². The van der Waals surface area contributed by atoms with Crippen molar-refractivity contribution in [1.29, 1.82) is 0 Å². The molecule has 4 radical (unpaired) electrons. The van der Waals surface area contributed by atoms with Crippen molar-refractivity contribution in [1.82, 2.24) is 0 Å². The topological polar surface area (TPSA) is 92.2 Å². The molecule has 0 saturated heterocycles. The summed E-state index contributed by atoms with van der Waals surface area (Å²) in [4.78, 5) is 0. The molecule has 0 unspecified atom stereocenters. The molecule has 0 aromatic heterocycles. The van der Waals surface area contributed by atoms with Crippen LogP contribution in [0.2, 0.25) is 157 Å². The van der Waals surface area contributed by atoms with Crippen LogP contribution in [0.25, 0.3) is 0 Å². The van der Waals surface area contributed by atoms with Gasteiger partial charge in [0.05, 0.1) is 48.4 Å². The smallest absolute Gasteiger partial charge is 0.222 e. The van der Waals surface area contributed by atoms with Crippen LogP contribution in [-0.4, -0.2) is 64.6 Å². The summed E-state index contributed by atoms with van der Waals surface area (Å²) in [6.07, 6.45) is 35.4. The molecule has 0 heterocycles. The Morgan fingerprint density at radius 1 is 0.486 bits per heavy atom. The largest absolute Gasteiger partial charge is 4.00 e. The van der Waals surface area contributed by atoms with Crippen LogP contribution in [0.5, 0.6) is 0 Å². The monoisotopic (exact) mass is 1290 g/mol. The molecule has 18 heteroatoms. The number of hydrogen-bond donors (Lipinski definition) is 0. The third kappa shape index (κ3) is 75.4. The van der Waals surface area contributed by atoms with Gasteiger partial charge in [0.2, 0.25) is 0 Å². The second kappa shape index (κ2) is 44.0. The number of hydrogen-bond acceptors (Lipinski definition) is 4. The molecule has 0 bridgehead atoms. The van der Waals surface area contributed by atoms with E-state index in [1.807, 2.05) is 0 Å². The molecule has 70 heavy (non-hydrogen) atoms. The van der Waals surface area contributed by atoms with Crippen molar-refractivity contribution in [2.75, 3.05) is 0 Å². The molecule has 0 N–H and O–H groups in total. The first kappa shape index (κ1) is 90.4. The summed E-state index contributed by atoms with van der Waals surface area (Å²) in [7, 11) is -9.53. The zero-order valence-electron chi connectivity index (χ0n) is 47.2. The maximum atomic E-state index is 8.49. The van der Waals surface area contributed by atoms with Gasteiger partial charge in [-0.25, -0.2) is 54.2 Å². The number of rotatable bonds is 4. The van der Waals surface area contributed by atoms with E-state index in [9.17, 15) is 0 Å². The molecule has 1 saturated carbocycles. The normalized spacial score (nSPS) is 12.0. The molecule has 1 aliphatic carbocycles. The second-order valence-electron chi connectivity index (χ2n) is 23.6. The summed E-state index contributed by atoms with van der Waals surface area (Å²) >= 11 is 3.66. The third-order valence-corrected chi connectivity index (χ3v) is 18.9. The average Bonchev–Trinajstić information content (AvgIpc) is 3.98. The Balaban J connectivity index is -0.0000000853. The first-order valence-corrected chi connectivity index (χ1v) is 52.6. The Morgan fingerprint density at radius 2 is 0.757 bits per heavy atom. The van der Waals surface area contributed by atoms with Gasteiger partial charge in [0.15, 0.2) is 0 Å². The van der Waals surface area contributed by atoms with Crippen molar-refractivity contribution < 1.29 is 104 Å². The van der Waals surface area contributed by atoms with Gasteiger partial charge in [-0.05, 0) is 0 Å². The second-order valence-corrected chi connectivity index (χ2v) is 63.6. The van der Waals surface area contributed by atoms with Crippen LogP contribution in [0.15, 0.2) is 72.8 Å². The van der Waals surface area contributed by atoms with E-state index >= 15 is 0 Å². The van der Waals surface area contributed by atoms with Crippen molar-refractivity contribution in [2.24, 2.45) is 0 Å². The van der Waals surface area contributed by atoms with E-state index in [1.165, 1.54) is 0 Å². The summed E-state index contributed by atoms with van der Waals surface area (Å²) in [5, 5.41) is 4.67. The van der Waals surface area contributed by atoms with Gasteiger partial charge in [0, 0.05) is 16.1 Å². The minimum atomic E-state index is -4.94. The molecule has 396 valence electrons. The molecule has 0 aliphatic heterocycles. The third-order valence-electron chi connectivity index (χ3n) is 7.61. The molecule has 4 rings (SSSR count). The van der Waals surface area contributed by atoms with Crippen LogP contribution in [-0.2, 0) is 75.6 Å². The van der Waals surface area contributed by atoms with Crippen LogP contribution in [0.4, 0.5) is 0 Å². The maximum Gasteiger partial charge on any atom is 4.00 e. The Bertz CT molecular complexity index is 1560. The molecule has 1 fully saturated rings. The summed E-state index contributed by atoms with van der Waals surface area (Å²) in [6.45, 7) is 53.4. The van der Waals surface area contributed by atoms with Crippen molar-refractivity contribution >= 4 is 90.2 Å². The summed E-state index contributed by atoms with van der Waals surface area (Å²) in [5.41, 5.74) is 11.5. The summed E-state index contributed by atoms with van der Waals surface area (Å²) in [5.74, 6) is 0. The Morgan fingerprint density at radius 3 is 0.843 bits per heavy atom. The van der Waals surface area contributed by atoms with Crippen LogP contribution in [0, 0.1) is 89.3 Å². The maximum absolute atomic E-state index is 8.49. The minimum Gasteiger partial charge on any atom is -0.222 e. The van der Waals surface area contributed by atoms with Crippen molar-refractivity contribution in [3.63, 3.8) is 0 Å². The predicted octanol–water partition coefficient (Wildman–Crippen LogP) is 9.86. The molecule has 3 aromatic carbocycles. The van der Waals surface area contributed by atoms with Crippen LogP contribution >= 0.6 is 10.1 Å². The van der Waals surface area contributed by atoms with Crippen molar-refractivity contribution in [3.05, 3.63) is 130 Å². The van der Waals surface area contributed by atoms with Gasteiger partial charge in [0.25, 0.3) is 0 Å². The molecule has 0 spiro atoms. The molecular formula is C52H88Cl2Cu2O4Si8Ti2. The zero-order valence-corrected chi connectivity index (χ0v) is 61.7. The minimum absolute atomic E-state index is 0. The molecular weight excluding hydrogens is 1210 g/mol. The summed E-state index contributed by atoms with van der Waals surface area (Å²) < 4.78 is 34.0. The van der Waals surface area contributed by atoms with E-state index in [1.54, 1.807) is 21.1 Å². The van der Waals surface area contributed by atoms with E-state index in [0.29, 0.717) is 0 Å². The fourth-order valence-corrected chi connectivity index (χ4v) is 8.27. The molecule has 1 aliphatic rings. The van der Waals surface area contributed by atoms with E-state index in [-0.39, 0.29) is 60.5 Å². The van der Waals surface area contributed by atoms with E-state index in [4.69, 9.17) is 44.3 Å². The molecule has 4 nitrogen and oxygen atoms in total. The van der Waals surface area contributed by atoms with E-state index in [0.717, 1.165) is 0 Å². The zero-order chi connectivity index (χ0) is 55.0. The van der Waals surface area contributed by atoms with Gasteiger partial charge >= 0.3 is 85.7 Å². The molecule has 0 atom stereocenters. The van der Waals surface area contributed by atoms with Crippen LogP contribution in [0.1, 0.15) is 0 Å². The first-order chi connectivity index (χ1) is 29.7. The SMILES string of the molecule is C[Si](C)(C)[C]1[CH][CH][CH][CH-]1.C[Si](C)(C)c1cc[cH-]c1.C[Si](C)(C)c1ccc[cH-]1.C[Si](C)(C)c1ccc[cH-]1.[C-]#C[Si](C)(C)C.[C-]#C[Si](C)(C)C.[C-]#C[Si](C)(C)C.[C-]#C[Si](C)(C)C.[Cl][Cu].[Cu+].[O-][Cl+3]([O-])([O-])[O-].[Ti+4].[Ti+4]. The quantitative estimate of drug-likeness (QED) is 0.148. The van der Waals surface area contributed by atoms with Crippen molar-refractivity contribution in [3.8, 4) is 22.2 Å². The average molecular weight is 1300 g/mol. The van der Waals surface area contributed by atoms with Crippen LogP contribution in [0.3, 0.4) is 0 Å². The Hall–Kier alpha value is 0.913. The van der Waals surface area contributed by atoms with Crippen molar-refractivity contribution in [2.45, 2.75) is 157 Å². The Kier molecular flexibility index (Phi) is 56.8. The Labute approximate surface area is 498 Å². The fraction of sp³-hybridized carbons (Fsp3) is 0.462. The summed E-state index contributed by atoms with van der Waals surface area (Å²) in [6, 6.07) is 26.1. The van der Waals surface area contributed by atoms with Gasteiger partial charge in [-0.1, -0.05) is 170 Å². The van der Waals surface area contributed by atoms with Gasteiger partial charge in [0.1, 0.15) is 0 Å². The molecule has 0 amide bonds. The fourth-order valence-electron chi connectivity index (χ4n) is 3.50. The number of halogens is 2. The van der Waals surface area contributed by atoms with E-state index < -0.39 is 74.8 Å². The standard InChI is InChI=1S/4C8H13Si.4C5H9Si.ClHO4.ClH.2Cu.2Ti/c4*1-9(2,3)8-6-4-5-7-8;4*1-5-6(2,3)4;2-1(3,4)5;;;;;/h4*4-7H,1-3H3;4*2-4H3;(H,2,3,4,5);1H;;;;/q8*-1;;;2*+1;2*+4/p-2. The first-order valence-electron chi connectivity index (χ1n) is 22.0. The van der Waals surface area contributed by atoms with E-state index in [2.05, 4.69) is 303 Å². The van der Waals surface area contributed by atoms with Gasteiger partial charge in [-0.3, -0.25) is 0 Å². The van der Waals surface area contributed by atoms with Gasteiger partial charge < -0.3 is 54.3 Å².